The summed E-state index contributed by atoms with van der Waals surface area (Å²) in [5, 5.41) is 1.14. The molecule has 0 unspecified atom stereocenters. The third-order valence-corrected chi connectivity index (χ3v) is 7.40. The molecule has 0 bridgehead atoms. The van der Waals surface area contributed by atoms with Crippen molar-refractivity contribution in [3.05, 3.63) is 138 Å². The smallest absolute Gasteiger partial charge is 0.0963 e. The van der Waals surface area contributed by atoms with E-state index in [2.05, 4.69) is 135 Å². The molecule has 0 fully saturated rings. The van der Waals surface area contributed by atoms with E-state index in [1.165, 1.54) is 5.56 Å². The molecule has 0 saturated carbocycles. The van der Waals surface area contributed by atoms with E-state index in [9.17, 15) is 0 Å². The minimum Gasteiger partial charge on any atom is -0.308 e. The second-order valence-electron chi connectivity index (χ2n) is 9.27. The fraction of sp³-hybridized carbons (Fsp3) is 0. The van der Waals surface area contributed by atoms with E-state index in [4.69, 9.17) is 4.98 Å². The molecule has 4 heteroatoms. The van der Waals surface area contributed by atoms with Gasteiger partial charge in [-0.3, -0.25) is 4.98 Å². The number of halogens is 1. The molecule has 0 radical (unpaired) electrons. The predicted molar refractivity (Wildman–Crippen MR) is 160 cm³/mol. The van der Waals surface area contributed by atoms with Crippen molar-refractivity contribution in [2.75, 3.05) is 0 Å². The molecule has 0 aliphatic rings. The predicted octanol–water partition coefficient (Wildman–Crippen LogP) is 9.34. The maximum atomic E-state index is 5.08. The van der Waals surface area contributed by atoms with Crippen molar-refractivity contribution in [3.8, 4) is 39.3 Å². The van der Waals surface area contributed by atoms with Crippen LogP contribution >= 0.6 is 15.9 Å². The topological polar surface area (TPSA) is 30.7 Å². The van der Waals surface area contributed by atoms with Gasteiger partial charge in [-0.1, -0.05) is 88.7 Å². The van der Waals surface area contributed by atoms with Crippen LogP contribution in [-0.4, -0.2) is 14.5 Å². The zero-order valence-electron chi connectivity index (χ0n) is 20.4. The molecule has 38 heavy (non-hydrogen) atoms. The molecule has 0 aliphatic heterocycles. The highest BCUT2D eigenvalue weighted by atomic mass is 79.9. The summed E-state index contributed by atoms with van der Waals surface area (Å²) in [6, 6.07) is 44.3. The summed E-state index contributed by atoms with van der Waals surface area (Å²) < 4.78 is 3.32. The average Bonchev–Trinajstić information content (AvgIpc) is 3.31. The van der Waals surface area contributed by atoms with E-state index in [1.54, 1.807) is 0 Å². The lowest BCUT2D eigenvalue weighted by atomic mass is 10.00. The third-order valence-electron chi connectivity index (χ3n) is 6.91. The van der Waals surface area contributed by atoms with Crippen molar-refractivity contribution in [1.82, 2.24) is 14.5 Å². The fourth-order valence-corrected chi connectivity index (χ4v) is 5.45. The molecule has 7 rings (SSSR count). The molecule has 4 aromatic carbocycles. The van der Waals surface area contributed by atoms with Crippen molar-refractivity contribution >= 4 is 37.9 Å². The van der Waals surface area contributed by atoms with Crippen molar-refractivity contribution in [2.45, 2.75) is 0 Å². The lowest BCUT2D eigenvalue weighted by Crippen LogP contribution is -1.95. The number of benzene rings is 4. The van der Waals surface area contributed by atoms with Crippen LogP contribution in [0, 0.1) is 0 Å². The van der Waals surface area contributed by atoms with Crippen molar-refractivity contribution in [1.29, 1.82) is 0 Å². The minimum atomic E-state index is 0.948. The average molecular weight is 552 g/mol. The van der Waals surface area contributed by atoms with E-state index in [-0.39, 0.29) is 0 Å². The minimum absolute atomic E-state index is 0.948. The summed E-state index contributed by atoms with van der Waals surface area (Å²) in [5.41, 5.74) is 10.7. The molecule has 3 heterocycles. The summed E-state index contributed by atoms with van der Waals surface area (Å²) in [7, 11) is 0. The van der Waals surface area contributed by atoms with Crippen molar-refractivity contribution in [2.24, 2.45) is 0 Å². The van der Waals surface area contributed by atoms with Gasteiger partial charge in [0.05, 0.1) is 27.9 Å². The number of hydrogen-bond donors (Lipinski definition) is 0. The highest BCUT2D eigenvalue weighted by Gasteiger charge is 2.14. The Hall–Kier alpha value is -4.54. The van der Waals surface area contributed by atoms with Gasteiger partial charge in [0.25, 0.3) is 0 Å². The van der Waals surface area contributed by atoms with Gasteiger partial charge in [0.1, 0.15) is 0 Å². The monoisotopic (exact) mass is 551 g/mol. The molecule has 3 aromatic heterocycles. The van der Waals surface area contributed by atoms with Gasteiger partial charge in [0.15, 0.2) is 0 Å². The molecule has 7 aromatic rings. The second kappa shape index (κ2) is 9.40. The first kappa shape index (κ1) is 22.6. The summed E-state index contributed by atoms with van der Waals surface area (Å²) >= 11 is 3.65. The first-order chi connectivity index (χ1) is 18.7. The molecule has 3 nitrogen and oxygen atoms in total. The number of aromatic nitrogens is 3. The lowest BCUT2D eigenvalue weighted by molar-refractivity contribution is 1.17. The van der Waals surface area contributed by atoms with Gasteiger partial charge >= 0.3 is 0 Å². The van der Waals surface area contributed by atoms with Crippen molar-refractivity contribution in [3.63, 3.8) is 0 Å². The third kappa shape index (κ3) is 4.00. The summed E-state index contributed by atoms with van der Waals surface area (Å²) in [5.74, 6) is 0. The normalized spacial score (nSPS) is 11.3. The lowest BCUT2D eigenvalue weighted by Gasteiger charge is -2.12. The molecule has 0 aliphatic carbocycles. The van der Waals surface area contributed by atoms with Gasteiger partial charge in [-0.15, -0.1) is 0 Å². The largest absolute Gasteiger partial charge is 0.308 e. The van der Waals surface area contributed by atoms with Crippen LogP contribution in [0.25, 0.3) is 61.3 Å². The number of rotatable bonds is 4. The maximum Gasteiger partial charge on any atom is 0.0963 e. The Labute approximate surface area is 229 Å². The van der Waals surface area contributed by atoms with E-state index < -0.39 is 0 Å². The van der Waals surface area contributed by atoms with Gasteiger partial charge < -0.3 is 4.57 Å². The Bertz CT molecular complexity index is 1850. The van der Waals surface area contributed by atoms with Gasteiger partial charge in [0.2, 0.25) is 0 Å². The molecular weight excluding hydrogens is 530 g/mol. The fourth-order valence-electron chi connectivity index (χ4n) is 5.10. The Morgan fingerprint density at radius 3 is 1.89 bits per heavy atom. The number of nitrogens with zero attached hydrogens (tertiary/aromatic N) is 3. The second-order valence-corrected chi connectivity index (χ2v) is 10.2. The molecule has 0 N–H and O–H groups in total. The van der Waals surface area contributed by atoms with Crippen LogP contribution in [0.4, 0.5) is 0 Å². The Morgan fingerprint density at radius 2 is 1.18 bits per heavy atom. The van der Waals surface area contributed by atoms with Crippen LogP contribution in [0.15, 0.2) is 138 Å². The van der Waals surface area contributed by atoms with E-state index >= 15 is 0 Å². The van der Waals surface area contributed by atoms with Crippen LogP contribution in [-0.2, 0) is 0 Å². The molecule has 0 atom stereocenters. The highest BCUT2D eigenvalue weighted by Crippen LogP contribution is 2.34. The summed E-state index contributed by atoms with van der Waals surface area (Å²) in [6.45, 7) is 0. The van der Waals surface area contributed by atoms with E-state index in [0.717, 1.165) is 60.2 Å². The Morgan fingerprint density at radius 1 is 0.526 bits per heavy atom. The maximum absolute atomic E-state index is 5.08. The first-order valence-corrected chi connectivity index (χ1v) is 13.3. The molecule has 0 saturated heterocycles. The number of fused-ring (bicyclic) bond motifs is 3. The SMILES string of the molecule is Brc1ccc2c3ncccc3n(-c3ccc(-c4cc(-c5ccccc5)cc(-c5ccccc5)n4)cc3)c2c1. The highest BCUT2D eigenvalue weighted by molar-refractivity contribution is 9.10. The quantitative estimate of drug-likeness (QED) is 0.218. The summed E-state index contributed by atoms with van der Waals surface area (Å²) in [4.78, 5) is 9.76. The van der Waals surface area contributed by atoms with E-state index in [1.807, 2.05) is 24.4 Å². The molecule has 0 spiro atoms. The van der Waals surface area contributed by atoms with Gasteiger partial charge in [-0.05, 0) is 65.7 Å². The van der Waals surface area contributed by atoms with E-state index in [0.29, 0.717) is 0 Å². The van der Waals surface area contributed by atoms with Gasteiger partial charge in [-0.25, -0.2) is 4.98 Å². The number of hydrogen-bond acceptors (Lipinski definition) is 2. The number of pyridine rings is 2. The van der Waals surface area contributed by atoms with Crippen molar-refractivity contribution < 1.29 is 0 Å². The zero-order valence-corrected chi connectivity index (χ0v) is 22.0. The standard InChI is InChI=1S/C34H22BrN3/c35-27-15-18-29-33(22-27)38(32-12-7-19-36-34(29)32)28-16-13-25(14-17-28)31-21-26(23-8-3-1-4-9-23)20-30(37-31)24-10-5-2-6-11-24/h1-22H. The first-order valence-electron chi connectivity index (χ1n) is 12.5. The molecular formula is C34H22BrN3. The van der Waals surface area contributed by atoms with Crippen LogP contribution in [0.1, 0.15) is 0 Å². The zero-order chi connectivity index (χ0) is 25.5. The van der Waals surface area contributed by atoms with Crippen LogP contribution < -0.4 is 0 Å². The van der Waals surface area contributed by atoms with Crippen LogP contribution in [0.3, 0.4) is 0 Å². The molecule has 180 valence electrons. The Balaban J connectivity index is 1.37. The molecule has 0 amide bonds. The van der Waals surface area contributed by atoms with Gasteiger partial charge in [0, 0.05) is 32.9 Å². The summed E-state index contributed by atoms with van der Waals surface area (Å²) in [6.07, 6.45) is 1.85. The van der Waals surface area contributed by atoms with Gasteiger partial charge in [-0.2, -0.15) is 0 Å². The van der Waals surface area contributed by atoms with Crippen LogP contribution in [0.2, 0.25) is 0 Å². The van der Waals surface area contributed by atoms with Crippen LogP contribution in [0.5, 0.6) is 0 Å². The Kier molecular flexibility index (Phi) is 5.60.